The monoisotopic (exact) mass is 208 g/mol. The quantitative estimate of drug-likeness (QED) is 0.565. The van der Waals surface area contributed by atoms with E-state index in [-0.39, 0.29) is 5.75 Å². The first-order valence-electron chi connectivity index (χ1n) is 4.74. The van der Waals surface area contributed by atoms with E-state index in [0.717, 1.165) is 32.4 Å². The van der Waals surface area contributed by atoms with Gasteiger partial charge in [-0.15, -0.1) is 0 Å². The molecule has 0 unspecified atom stereocenters. The molecule has 0 aromatic heterocycles. The maximum Gasteiger partial charge on any atom is 0.211 e. The number of unbranched alkanes of at least 4 members (excludes halogenated alkanes) is 1. The standard InChI is InChI=1S/C8H20N2O2S/c1-3-6-10-7-4-5-8-13(11,12)9-2/h9-10H,3-8H2,1-2H3. The van der Waals surface area contributed by atoms with E-state index in [9.17, 15) is 8.42 Å². The molecule has 0 atom stereocenters. The van der Waals surface area contributed by atoms with E-state index in [4.69, 9.17) is 0 Å². The van der Waals surface area contributed by atoms with Crippen LogP contribution in [0.2, 0.25) is 0 Å². The molecule has 0 rings (SSSR count). The van der Waals surface area contributed by atoms with E-state index in [1.54, 1.807) is 0 Å². The fourth-order valence-corrected chi connectivity index (χ4v) is 1.73. The molecule has 80 valence electrons. The van der Waals surface area contributed by atoms with Gasteiger partial charge in [-0.3, -0.25) is 0 Å². The van der Waals surface area contributed by atoms with Gasteiger partial charge in [0.2, 0.25) is 10.0 Å². The second-order valence-electron chi connectivity index (χ2n) is 2.98. The van der Waals surface area contributed by atoms with Crippen LogP contribution in [-0.4, -0.2) is 34.3 Å². The summed E-state index contributed by atoms with van der Waals surface area (Å²) in [7, 11) is -1.54. The van der Waals surface area contributed by atoms with Crippen molar-refractivity contribution in [3.8, 4) is 0 Å². The SMILES string of the molecule is CCCNCCCCS(=O)(=O)NC. The Labute approximate surface area is 81.2 Å². The van der Waals surface area contributed by atoms with E-state index >= 15 is 0 Å². The van der Waals surface area contributed by atoms with Crippen molar-refractivity contribution in [3.63, 3.8) is 0 Å². The van der Waals surface area contributed by atoms with Gasteiger partial charge in [0.1, 0.15) is 0 Å². The van der Waals surface area contributed by atoms with Crippen LogP contribution in [0.15, 0.2) is 0 Å². The van der Waals surface area contributed by atoms with Crippen molar-refractivity contribution in [2.24, 2.45) is 0 Å². The van der Waals surface area contributed by atoms with E-state index in [1.807, 2.05) is 0 Å². The molecule has 0 aromatic rings. The van der Waals surface area contributed by atoms with Gasteiger partial charge in [0.25, 0.3) is 0 Å². The highest BCUT2D eigenvalue weighted by Crippen LogP contribution is 1.92. The first-order chi connectivity index (χ1) is 6.12. The summed E-state index contributed by atoms with van der Waals surface area (Å²) in [5, 5.41) is 3.22. The van der Waals surface area contributed by atoms with E-state index < -0.39 is 10.0 Å². The van der Waals surface area contributed by atoms with Crippen molar-refractivity contribution in [3.05, 3.63) is 0 Å². The zero-order valence-corrected chi connectivity index (χ0v) is 9.28. The average molecular weight is 208 g/mol. The lowest BCUT2D eigenvalue weighted by atomic mass is 10.3. The fourth-order valence-electron chi connectivity index (χ4n) is 0.946. The summed E-state index contributed by atoms with van der Waals surface area (Å²) in [6.45, 7) is 4.03. The lowest BCUT2D eigenvalue weighted by molar-refractivity contribution is 0.579. The molecule has 0 spiro atoms. The van der Waals surface area contributed by atoms with Crippen molar-refractivity contribution in [2.75, 3.05) is 25.9 Å². The van der Waals surface area contributed by atoms with Crippen molar-refractivity contribution < 1.29 is 8.42 Å². The van der Waals surface area contributed by atoms with Gasteiger partial charge in [0.15, 0.2) is 0 Å². The highest BCUT2D eigenvalue weighted by Gasteiger charge is 2.04. The van der Waals surface area contributed by atoms with Crippen molar-refractivity contribution in [1.82, 2.24) is 10.0 Å². The fraction of sp³-hybridized carbons (Fsp3) is 1.00. The van der Waals surface area contributed by atoms with Crippen molar-refractivity contribution in [2.45, 2.75) is 26.2 Å². The van der Waals surface area contributed by atoms with Gasteiger partial charge in [0, 0.05) is 0 Å². The molecule has 0 saturated heterocycles. The first kappa shape index (κ1) is 12.9. The van der Waals surface area contributed by atoms with E-state index in [1.165, 1.54) is 7.05 Å². The zero-order valence-electron chi connectivity index (χ0n) is 8.47. The summed E-state index contributed by atoms with van der Waals surface area (Å²) in [5.74, 6) is 0.233. The maximum atomic E-state index is 11.0. The summed E-state index contributed by atoms with van der Waals surface area (Å²) < 4.78 is 24.2. The summed E-state index contributed by atoms with van der Waals surface area (Å²) in [6, 6.07) is 0. The highest BCUT2D eigenvalue weighted by molar-refractivity contribution is 7.89. The van der Waals surface area contributed by atoms with Gasteiger partial charge < -0.3 is 5.32 Å². The summed E-state index contributed by atoms with van der Waals surface area (Å²) in [4.78, 5) is 0. The lowest BCUT2D eigenvalue weighted by Crippen LogP contribution is -2.23. The molecule has 5 heteroatoms. The van der Waals surface area contributed by atoms with Crippen LogP contribution in [0, 0.1) is 0 Å². The molecule has 2 N–H and O–H groups in total. The topological polar surface area (TPSA) is 58.2 Å². The van der Waals surface area contributed by atoms with Crippen LogP contribution in [0.25, 0.3) is 0 Å². The van der Waals surface area contributed by atoms with E-state index in [2.05, 4.69) is 17.0 Å². The Morgan fingerprint density at radius 3 is 2.38 bits per heavy atom. The smallest absolute Gasteiger partial charge is 0.211 e. The Bertz CT molecular complexity index is 202. The predicted molar refractivity (Wildman–Crippen MR) is 55.2 cm³/mol. The predicted octanol–water partition coefficient (Wildman–Crippen LogP) is 0.315. The van der Waals surface area contributed by atoms with Crippen LogP contribution >= 0.6 is 0 Å². The number of nitrogens with one attached hydrogen (secondary N) is 2. The van der Waals surface area contributed by atoms with Gasteiger partial charge >= 0.3 is 0 Å². The van der Waals surface area contributed by atoms with Gasteiger partial charge in [-0.2, -0.15) is 0 Å². The molecule has 0 radical (unpaired) electrons. The molecule has 0 aliphatic rings. The number of rotatable bonds is 8. The molecule has 0 saturated carbocycles. The maximum absolute atomic E-state index is 11.0. The first-order valence-corrected chi connectivity index (χ1v) is 6.39. The Morgan fingerprint density at radius 1 is 1.15 bits per heavy atom. The van der Waals surface area contributed by atoms with Gasteiger partial charge in [-0.1, -0.05) is 6.92 Å². The summed E-state index contributed by atoms with van der Waals surface area (Å²) >= 11 is 0. The molecule has 0 aliphatic heterocycles. The van der Waals surface area contributed by atoms with Crippen LogP contribution in [-0.2, 0) is 10.0 Å². The van der Waals surface area contributed by atoms with Crippen molar-refractivity contribution >= 4 is 10.0 Å². The minimum atomic E-state index is -2.99. The Kier molecular flexibility index (Phi) is 7.22. The molecular weight excluding hydrogens is 188 g/mol. The number of hydrogen-bond donors (Lipinski definition) is 2. The molecule has 0 bridgehead atoms. The molecule has 13 heavy (non-hydrogen) atoms. The largest absolute Gasteiger partial charge is 0.317 e. The second kappa shape index (κ2) is 7.29. The van der Waals surface area contributed by atoms with Crippen LogP contribution in [0.1, 0.15) is 26.2 Å². The Morgan fingerprint density at radius 2 is 1.85 bits per heavy atom. The summed E-state index contributed by atoms with van der Waals surface area (Å²) in [6.07, 6.45) is 2.76. The molecule has 4 nitrogen and oxygen atoms in total. The van der Waals surface area contributed by atoms with Gasteiger partial charge in [-0.25, -0.2) is 13.1 Å². The average Bonchev–Trinajstić information content (AvgIpc) is 2.11. The number of hydrogen-bond acceptors (Lipinski definition) is 3. The summed E-state index contributed by atoms with van der Waals surface area (Å²) in [5.41, 5.74) is 0. The molecule has 0 aromatic carbocycles. The van der Waals surface area contributed by atoms with Crippen LogP contribution in [0.4, 0.5) is 0 Å². The third-order valence-corrected chi connectivity index (χ3v) is 3.20. The number of sulfonamides is 1. The Hall–Kier alpha value is -0.130. The third kappa shape index (κ3) is 8.21. The van der Waals surface area contributed by atoms with Gasteiger partial charge in [0.05, 0.1) is 5.75 Å². The second-order valence-corrected chi connectivity index (χ2v) is 5.03. The van der Waals surface area contributed by atoms with E-state index in [0.29, 0.717) is 0 Å². The Balaban J connectivity index is 3.26. The van der Waals surface area contributed by atoms with Gasteiger partial charge in [-0.05, 0) is 39.4 Å². The molecule has 0 heterocycles. The normalized spacial score (nSPS) is 11.8. The minimum absolute atomic E-state index is 0.233. The zero-order chi connectivity index (χ0) is 10.2. The molecular formula is C8H20N2O2S. The highest BCUT2D eigenvalue weighted by atomic mass is 32.2. The van der Waals surface area contributed by atoms with Crippen LogP contribution in [0.5, 0.6) is 0 Å². The molecule has 0 aliphatic carbocycles. The van der Waals surface area contributed by atoms with Crippen LogP contribution in [0.3, 0.4) is 0 Å². The minimum Gasteiger partial charge on any atom is -0.317 e. The van der Waals surface area contributed by atoms with Crippen LogP contribution < -0.4 is 10.0 Å². The lowest BCUT2D eigenvalue weighted by Gasteiger charge is -2.03. The van der Waals surface area contributed by atoms with Crippen molar-refractivity contribution in [1.29, 1.82) is 0 Å². The molecule has 0 amide bonds. The molecule has 0 fully saturated rings. The third-order valence-electron chi connectivity index (χ3n) is 1.75.